The molecule has 2 saturated carbocycles. The highest BCUT2D eigenvalue weighted by molar-refractivity contribution is 5.87. The lowest BCUT2D eigenvalue weighted by atomic mass is 9.73. The van der Waals surface area contributed by atoms with Gasteiger partial charge < -0.3 is 10.4 Å². The Morgan fingerprint density at radius 2 is 1.44 bits per heavy atom. The first-order chi connectivity index (χ1) is 17.6. The first kappa shape index (κ1) is 23.4. The van der Waals surface area contributed by atoms with Gasteiger partial charge in [-0.05, 0) is 46.9 Å². The highest BCUT2D eigenvalue weighted by atomic mass is 16.3. The molecule has 0 bridgehead atoms. The van der Waals surface area contributed by atoms with E-state index in [1.54, 1.807) is 0 Å². The predicted octanol–water partition coefficient (Wildman–Crippen LogP) is 5.37. The summed E-state index contributed by atoms with van der Waals surface area (Å²) in [6.07, 6.45) is 5.18. The summed E-state index contributed by atoms with van der Waals surface area (Å²) in [7, 11) is 0. The minimum Gasteiger partial charge on any atom is -0.375 e. The van der Waals surface area contributed by atoms with Gasteiger partial charge >= 0.3 is 0 Å². The molecule has 0 radical (unpaired) electrons. The number of hydrogen-bond acceptors (Lipinski definition) is 3. The zero-order valence-electron chi connectivity index (χ0n) is 20.9. The van der Waals surface area contributed by atoms with Crippen molar-refractivity contribution in [3.05, 3.63) is 96.1 Å². The van der Waals surface area contributed by atoms with Crippen LogP contribution < -0.4 is 5.32 Å². The van der Waals surface area contributed by atoms with Crippen molar-refractivity contribution in [1.82, 2.24) is 10.2 Å². The van der Waals surface area contributed by atoms with E-state index in [-0.39, 0.29) is 17.9 Å². The van der Waals surface area contributed by atoms with Crippen LogP contribution in [-0.4, -0.2) is 35.0 Å². The fourth-order valence-electron chi connectivity index (χ4n) is 6.78. The third kappa shape index (κ3) is 4.38. The highest BCUT2D eigenvalue weighted by Gasteiger charge is 2.58. The van der Waals surface area contributed by atoms with Gasteiger partial charge in [0.2, 0.25) is 0 Å². The minimum absolute atomic E-state index is 0.0155. The van der Waals surface area contributed by atoms with Crippen LogP contribution in [0.3, 0.4) is 0 Å². The molecule has 186 valence electrons. The van der Waals surface area contributed by atoms with Crippen molar-refractivity contribution in [3.8, 4) is 11.1 Å². The first-order valence-electron chi connectivity index (χ1n) is 13.6. The van der Waals surface area contributed by atoms with Gasteiger partial charge in [0, 0.05) is 31.6 Å². The molecule has 4 nitrogen and oxygen atoms in total. The van der Waals surface area contributed by atoms with Gasteiger partial charge in [-0.15, -0.1) is 0 Å². The monoisotopic (exact) mass is 480 g/mol. The predicted molar refractivity (Wildman–Crippen MR) is 143 cm³/mol. The van der Waals surface area contributed by atoms with Crippen molar-refractivity contribution in [2.45, 2.75) is 50.3 Å². The van der Waals surface area contributed by atoms with Crippen molar-refractivity contribution in [3.63, 3.8) is 0 Å². The second kappa shape index (κ2) is 9.84. The van der Waals surface area contributed by atoms with Gasteiger partial charge in [0.05, 0.1) is 0 Å². The second-order valence-electron chi connectivity index (χ2n) is 11.0. The summed E-state index contributed by atoms with van der Waals surface area (Å²) in [5.74, 6) is 0.743. The zero-order chi connectivity index (χ0) is 24.5. The van der Waals surface area contributed by atoms with Crippen molar-refractivity contribution >= 4 is 5.91 Å². The Morgan fingerprint density at radius 1 is 0.833 bits per heavy atom. The Balaban J connectivity index is 1.11. The van der Waals surface area contributed by atoms with E-state index >= 15 is 0 Å². The van der Waals surface area contributed by atoms with Crippen LogP contribution in [0, 0.1) is 17.8 Å². The molecule has 1 aliphatic heterocycles. The maximum atomic E-state index is 13.6. The lowest BCUT2D eigenvalue weighted by Crippen LogP contribution is -2.51. The summed E-state index contributed by atoms with van der Waals surface area (Å²) < 4.78 is 0. The molecular formula is C32H36N2O2. The number of nitrogens with zero attached hydrogens (tertiary/aromatic N) is 1. The Hall–Kier alpha value is -2.95. The Morgan fingerprint density at radius 3 is 2.14 bits per heavy atom. The summed E-state index contributed by atoms with van der Waals surface area (Å²) in [4.78, 5) is 16.2. The van der Waals surface area contributed by atoms with E-state index in [1.807, 2.05) is 30.3 Å². The standard InChI is InChI=1S/C32H36N2O2/c35-31(32(36,25-15-6-2-7-16-25)26-17-8-3-9-18-26)33-30-28-21-34(22-29(28)30)20-24-14-10-11-19-27(24)23-12-4-1-5-13-23/h1-2,4-7,10-16,19,26,28-30,36H,3,8-9,17-18,20-22H2,(H,33,35). The molecule has 2 N–H and O–H groups in total. The number of benzene rings is 3. The lowest BCUT2D eigenvalue weighted by molar-refractivity contribution is -0.149. The quantitative estimate of drug-likeness (QED) is 0.478. The number of fused-ring (bicyclic) bond motifs is 1. The maximum absolute atomic E-state index is 13.6. The number of amides is 1. The van der Waals surface area contributed by atoms with Crippen molar-refractivity contribution in [1.29, 1.82) is 0 Å². The Bertz CT molecular complexity index is 1180. The van der Waals surface area contributed by atoms with E-state index in [0.29, 0.717) is 11.8 Å². The van der Waals surface area contributed by atoms with Gasteiger partial charge in [0.25, 0.3) is 5.91 Å². The van der Waals surface area contributed by atoms with Crippen molar-refractivity contribution in [2.24, 2.45) is 17.8 Å². The molecule has 3 aromatic rings. The van der Waals surface area contributed by atoms with Gasteiger partial charge in [-0.3, -0.25) is 9.69 Å². The summed E-state index contributed by atoms with van der Waals surface area (Å²) >= 11 is 0. The average molecular weight is 481 g/mol. The molecule has 3 unspecified atom stereocenters. The van der Waals surface area contributed by atoms with E-state index in [1.165, 1.54) is 23.1 Å². The van der Waals surface area contributed by atoms with Crippen LogP contribution in [0.15, 0.2) is 84.9 Å². The van der Waals surface area contributed by atoms with Gasteiger partial charge in [-0.2, -0.15) is 0 Å². The molecular weight excluding hydrogens is 444 g/mol. The fourth-order valence-corrected chi connectivity index (χ4v) is 6.78. The number of piperidine rings is 1. The molecule has 3 aliphatic rings. The third-order valence-corrected chi connectivity index (χ3v) is 8.82. The van der Waals surface area contributed by atoms with E-state index in [0.717, 1.165) is 50.9 Å². The number of nitrogens with one attached hydrogen (secondary N) is 1. The average Bonchev–Trinajstić information content (AvgIpc) is 3.37. The van der Waals surface area contributed by atoms with Crippen LogP contribution in [0.1, 0.15) is 43.2 Å². The topological polar surface area (TPSA) is 52.6 Å². The minimum atomic E-state index is -1.44. The molecule has 3 atom stereocenters. The van der Waals surface area contributed by atoms with Crippen molar-refractivity contribution in [2.75, 3.05) is 13.1 Å². The Labute approximate surface area is 214 Å². The number of carbonyl (C=O) groups is 1. The van der Waals surface area contributed by atoms with E-state index in [4.69, 9.17) is 0 Å². The number of carbonyl (C=O) groups excluding carboxylic acids is 1. The molecule has 0 aromatic heterocycles. The number of hydrogen-bond donors (Lipinski definition) is 2. The molecule has 0 spiro atoms. The summed E-state index contributed by atoms with van der Waals surface area (Å²) in [5, 5.41) is 15.2. The smallest absolute Gasteiger partial charge is 0.257 e. The summed E-state index contributed by atoms with van der Waals surface area (Å²) in [6, 6.07) is 29.0. The molecule has 36 heavy (non-hydrogen) atoms. The van der Waals surface area contributed by atoms with Crippen LogP contribution in [0.25, 0.3) is 11.1 Å². The third-order valence-electron chi connectivity index (χ3n) is 8.82. The number of rotatable bonds is 7. The first-order valence-corrected chi connectivity index (χ1v) is 13.6. The number of aliphatic hydroxyl groups is 1. The molecule has 1 heterocycles. The van der Waals surface area contributed by atoms with Gasteiger partial charge in [-0.1, -0.05) is 104 Å². The zero-order valence-corrected chi connectivity index (χ0v) is 20.9. The molecule has 6 rings (SSSR count). The normalized spacial score (nSPS) is 25.6. The lowest BCUT2D eigenvalue weighted by Gasteiger charge is -2.38. The van der Waals surface area contributed by atoms with Gasteiger partial charge in [0.1, 0.15) is 0 Å². The molecule has 1 saturated heterocycles. The molecule has 3 aromatic carbocycles. The summed E-state index contributed by atoms with van der Waals surface area (Å²) in [6.45, 7) is 2.91. The second-order valence-corrected chi connectivity index (χ2v) is 11.0. The van der Waals surface area contributed by atoms with E-state index < -0.39 is 5.60 Å². The van der Waals surface area contributed by atoms with Crippen molar-refractivity contribution < 1.29 is 9.90 Å². The molecule has 4 heteroatoms. The van der Waals surface area contributed by atoms with Crippen LogP contribution >= 0.6 is 0 Å². The van der Waals surface area contributed by atoms with Crippen LogP contribution in [0.2, 0.25) is 0 Å². The van der Waals surface area contributed by atoms with Crippen LogP contribution in [-0.2, 0) is 16.9 Å². The highest BCUT2D eigenvalue weighted by Crippen LogP contribution is 2.47. The van der Waals surface area contributed by atoms with Gasteiger partial charge in [0.15, 0.2) is 5.60 Å². The maximum Gasteiger partial charge on any atom is 0.257 e. The summed E-state index contributed by atoms with van der Waals surface area (Å²) in [5.41, 5.74) is 3.20. The van der Waals surface area contributed by atoms with Crippen LogP contribution in [0.5, 0.6) is 0 Å². The van der Waals surface area contributed by atoms with Crippen LogP contribution in [0.4, 0.5) is 0 Å². The number of likely N-dealkylation sites (tertiary alicyclic amines) is 1. The SMILES string of the molecule is O=C(NC1C2CN(Cc3ccccc3-c3ccccc3)CC21)C(O)(c1ccccc1)C1CCCCC1. The fraction of sp³-hybridized carbons (Fsp3) is 0.406. The molecule has 3 fully saturated rings. The largest absolute Gasteiger partial charge is 0.375 e. The molecule has 1 amide bonds. The molecule has 2 aliphatic carbocycles. The Kier molecular flexibility index (Phi) is 6.41. The van der Waals surface area contributed by atoms with E-state index in [2.05, 4.69) is 64.8 Å². The van der Waals surface area contributed by atoms with Gasteiger partial charge in [-0.25, -0.2) is 0 Å². The van der Waals surface area contributed by atoms with E-state index in [9.17, 15) is 9.90 Å².